The van der Waals surface area contributed by atoms with Gasteiger partial charge in [-0.05, 0) is 6.07 Å². The number of aliphatic hydroxyl groups is 7. The van der Waals surface area contributed by atoms with Crippen molar-refractivity contribution < 1.29 is 74.4 Å². The highest BCUT2D eigenvalue weighted by Crippen LogP contribution is 2.41. The average molecular weight is 596 g/mol. The molecule has 0 radical (unpaired) electrons. The summed E-state index contributed by atoms with van der Waals surface area (Å²) in [5, 5.41) is 100. The zero-order chi connectivity index (χ0) is 30.5. The van der Waals surface area contributed by atoms with Gasteiger partial charge in [0, 0.05) is 24.3 Å². The van der Waals surface area contributed by atoms with Crippen molar-refractivity contribution >= 4 is 11.0 Å². The molecule has 0 spiro atoms. The Balaban J connectivity index is 1.52. The third-order valence-electron chi connectivity index (χ3n) is 6.92. The van der Waals surface area contributed by atoms with Crippen molar-refractivity contribution in [1.29, 1.82) is 0 Å². The summed E-state index contributed by atoms with van der Waals surface area (Å²) in [7, 11) is 0. The summed E-state index contributed by atoms with van der Waals surface area (Å²) in [6.45, 7) is -1.11. The number of benzene rings is 2. The number of rotatable bonds is 6. The first-order valence-electron chi connectivity index (χ1n) is 12.6. The quantitative estimate of drug-likeness (QED) is 0.133. The van der Waals surface area contributed by atoms with Gasteiger partial charge in [0.25, 0.3) is 0 Å². The standard InChI is InChI=1S/C26H28O16/c27-6-18-21(34)22(35)24(37)26(42-18)39-8-1-12(30)19-13(31)5-15(40-17(19)2-8)9-3-10(28)11(29)4-16(9)41-25-23(36)20(33)14(32)7-38-25/h1-5,14,18,20-30,32-37H,6-7H2/t14-,18+,20-,21+,22-,23+,24+,25-,26+/m0/s1. The van der Waals surface area contributed by atoms with Crippen LogP contribution in [0.15, 0.2) is 39.5 Å². The smallest absolute Gasteiger partial charge is 0.229 e. The Kier molecular flexibility index (Phi) is 8.17. The van der Waals surface area contributed by atoms with Crippen LogP contribution in [0.2, 0.25) is 0 Å². The molecule has 0 saturated carbocycles. The lowest BCUT2D eigenvalue weighted by molar-refractivity contribution is -0.277. The van der Waals surface area contributed by atoms with Crippen LogP contribution in [-0.4, -0.2) is 120 Å². The van der Waals surface area contributed by atoms with Crippen LogP contribution < -0.4 is 14.9 Å². The lowest BCUT2D eigenvalue weighted by Crippen LogP contribution is -2.60. The van der Waals surface area contributed by atoms with Crippen LogP contribution in [0.25, 0.3) is 22.3 Å². The monoisotopic (exact) mass is 596 g/mol. The number of phenolic OH excluding ortho intramolecular Hbond substituents is 3. The van der Waals surface area contributed by atoms with Gasteiger partial charge >= 0.3 is 0 Å². The number of fused-ring (bicyclic) bond motifs is 1. The Bertz CT molecular complexity index is 1500. The first-order chi connectivity index (χ1) is 19.9. The SMILES string of the molecule is O=c1cc(-c2cc(O)c(O)cc2O[C@@H]2OC[C@H](O)[C@H](O)[C@H]2O)oc2cc(O[C@@H]3O[C@H](CO)[C@@H](O)[C@H](O)[C@H]3O)cc(O)c12. The number of phenols is 3. The number of ether oxygens (including phenoxy) is 4. The maximum absolute atomic E-state index is 13.0. The zero-order valence-corrected chi connectivity index (χ0v) is 21.4. The Morgan fingerprint density at radius 3 is 2.17 bits per heavy atom. The summed E-state index contributed by atoms with van der Waals surface area (Å²) < 4.78 is 27.4. The van der Waals surface area contributed by atoms with Crippen LogP contribution in [0.4, 0.5) is 0 Å². The van der Waals surface area contributed by atoms with Crippen LogP contribution >= 0.6 is 0 Å². The zero-order valence-electron chi connectivity index (χ0n) is 21.4. The molecule has 3 heterocycles. The maximum atomic E-state index is 13.0. The van der Waals surface area contributed by atoms with E-state index in [1.807, 2.05) is 0 Å². The van der Waals surface area contributed by atoms with Crippen LogP contribution in [0, 0.1) is 0 Å². The summed E-state index contributed by atoms with van der Waals surface area (Å²) in [6, 6.07) is 4.98. The molecule has 2 aliphatic heterocycles. The molecule has 5 rings (SSSR count). The second-order valence-electron chi connectivity index (χ2n) is 9.81. The Hall–Kier alpha value is -3.71. The molecule has 0 aliphatic carbocycles. The second kappa shape index (κ2) is 11.5. The van der Waals surface area contributed by atoms with Gasteiger partial charge in [0.1, 0.15) is 76.7 Å². The number of hydrogen-bond acceptors (Lipinski definition) is 16. The molecule has 1 aromatic heterocycles. The first kappa shape index (κ1) is 29.8. The maximum Gasteiger partial charge on any atom is 0.229 e. The van der Waals surface area contributed by atoms with Crippen LogP contribution in [0.1, 0.15) is 0 Å². The van der Waals surface area contributed by atoms with E-state index in [2.05, 4.69) is 0 Å². The molecule has 16 heteroatoms. The third kappa shape index (κ3) is 5.42. The van der Waals surface area contributed by atoms with Gasteiger partial charge in [0.15, 0.2) is 16.9 Å². The summed E-state index contributed by atoms with van der Waals surface area (Å²) in [4.78, 5) is 13.0. The normalized spacial score (nSPS) is 31.6. The van der Waals surface area contributed by atoms with E-state index in [1.165, 1.54) is 0 Å². The lowest BCUT2D eigenvalue weighted by Gasteiger charge is -2.39. The van der Waals surface area contributed by atoms with E-state index in [-0.39, 0.29) is 33.8 Å². The summed E-state index contributed by atoms with van der Waals surface area (Å²) >= 11 is 0. The number of hydrogen-bond donors (Lipinski definition) is 10. The van der Waals surface area contributed by atoms with Crippen LogP contribution in [-0.2, 0) is 9.47 Å². The Labute approximate surface area is 235 Å². The first-order valence-corrected chi connectivity index (χ1v) is 12.6. The minimum atomic E-state index is -1.77. The van der Waals surface area contributed by atoms with E-state index in [1.54, 1.807) is 0 Å². The summed E-state index contributed by atoms with van der Waals surface area (Å²) in [6.07, 6.45) is -14.3. The van der Waals surface area contributed by atoms with Gasteiger partial charge in [-0.1, -0.05) is 0 Å². The van der Waals surface area contributed by atoms with E-state index in [0.29, 0.717) is 0 Å². The molecule has 16 nitrogen and oxygen atoms in total. The van der Waals surface area contributed by atoms with Gasteiger partial charge in [0.05, 0.1) is 18.8 Å². The van der Waals surface area contributed by atoms with Crippen LogP contribution in [0.5, 0.6) is 28.7 Å². The van der Waals surface area contributed by atoms with Crippen molar-refractivity contribution in [3.05, 3.63) is 40.6 Å². The van der Waals surface area contributed by atoms with Gasteiger partial charge in [-0.15, -0.1) is 0 Å². The number of aromatic hydroxyl groups is 3. The van der Waals surface area contributed by atoms with Gasteiger partial charge < -0.3 is 74.4 Å². The highest BCUT2D eigenvalue weighted by Gasteiger charge is 2.45. The second-order valence-corrected chi connectivity index (χ2v) is 9.81. The predicted octanol–water partition coefficient (Wildman–Crippen LogP) is -2.43. The van der Waals surface area contributed by atoms with Crippen LogP contribution in [0.3, 0.4) is 0 Å². The minimum absolute atomic E-state index is 0.138. The molecule has 42 heavy (non-hydrogen) atoms. The van der Waals surface area contributed by atoms with Gasteiger partial charge in [-0.3, -0.25) is 4.79 Å². The summed E-state index contributed by atoms with van der Waals surface area (Å²) in [5.74, 6) is -2.69. The highest BCUT2D eigenvalue weighted by atomic mass is 16.7. The van der Waals surface area contributed by atoms with Crippen molar-refractivity contribution in [2.75, 3.05) is 13.2 Å². The molecule has 3 aromatic rings. The van der Waals surface area contributed by atoms with E-state index in [4.69, 9.17) is 23.4 Å². The fourth-order valence-electron chi connectivity index (χ4n) is 4.60. The lowest BCUT2D eigenvalue weighted by atomic mass is 9.99. The molecule has 2 aliphatic rings. The van der Waals surface area contributed by atoms with Crippen molar-refractivity contribution in [3.8, 4) is 40.1 Å². The molecule has 2 saturated heterocycles. The Morgan fingerprint density at radius 1 is 0.762 bits per heavy atom. The Morgan fingerprint density at radius 2 is 1.45 bits per heavy atom. The molecular formula is C26H28O16. The number of aliphatic hydroxyl groups excluding tert-OH is 7. The third-order valence-corrected chi connectivity index (χ3v) is 6.92. The van der Waals surface area contributed by atoms with Crippen molar-refractivity contribution in [2.24, 2.45) is 0 Å². The summed E-state index contributed by atoms with van der Waals surface area (Å²) in [5.41, 5.74) is -1.18. The van der Waals surface area contributed by atoms with Gasteiger partial charge in [-0.2, -0.15) is 0 Å². The molecule has 0 unspecified atom stereocenters. The van der Waals surface area contributed by atoms with Crippen molar-refractivity contribution in [3.63, 3.8) is 0 Å². The van der Waals surface area contributed by atoms with Gasteiger partial charge in [-0.25, -0.2) is 0 Å². The van der Waals surface area contributed by atoms with Gasteiger partial charge in [0.2, 0.25) is 12.6 Å². The van der Waals surface area contributed by atoms with E-state index in [9.17, 15) is 55.9 Å². The molecule has 9 atom stereocenters. The highest BCUT2D eigenvalue weighted by molar-refractivity contribution is 5.86. The van der Waals surface area contributed by atoms with E-state index in [0.717, 1.165) is 30.3 Å². The van der Waals surface area contributed by atoms with E-state index < -0.39 is 91.2 Å². The molecule has 2 fully saturated rings. The topological polar surface area (TPSA) is 269 Å². The fraction of sp³-hybridized carbons (Fsp3) is 0.423. The molecule has 228 valence electrons. The van der Waals surface area contributed by atoms with Crippen molar-refractivity contribution in [2.45, 2.75) is 55.3 Å². The largest absolute Gasteiger partial charge is 0.507 e. The molecular weight excluding hydrogens is 568 g/mol. The average Bonchev–Trinajstić information content (AvgIpc) is 2.94. The molecule has 0 bridgehead atoms. The molecule has 0 amide bonds. The predicted molar refractivity (Wildman–Crippen MR) is 136 cm³/mol. The minimum Gasteiger partial charge on any atom is -0.507 e. The molecule has 2 aromatic carbocycles. The molecule has 10 N–H and O–H groups in total. The fourth-order valence-corrected chi connectivity index (χ4v) is 4.60. The van der Waals surface area contributed by atoms with E-state index >= 15 is 0 Å². The van der Waals surface area contributed by atoms with Crippen molar-refractivity contribution in [1.82, 2.24) is 0 Å².